The first-order chi connectivity index (χ1) is 14.7. The molecule has 150 valence electrons. The van der Waals surface area contributed by atoms with Crippen molar-refractivity contribution in [3.05, 3.63) is 89.6 Å². The third-order valence-corrected chi connectivity index (χ3v) is 5.76. The van der Waals surface area contributed by atoms with Crippen molar-refractivity contribution in [2.24, 2.45) is 0 Å². The van der Waals surface area contributed by atoms with E-state index >= 15 is 0 Å². The number of rotatable bonds is 5. The Morgan fingerprint density at radius 3 is 2.43 bits per heavy atom. The van der Waals surface area contributed by atoms with Gasteiger partial charge >= 0.3 is 6.09 Å². The summed E-state index contributed by atoms with van der Waals surface area (Å²) in [5, 5.41) is 13.5. The van der Waals surface area contributed by atoms with Gasteiger partial charge in [-0.2, -0.15) is 0 Å². The van der Waals surface area contributed by atoms with Crippen molar-refractivity contribution >= 4 is 17.0 Å². The molecule has 5 rings (SSSR count). The van der Waals surface area contributed by atoms with Crippen molar-refractivity contribution in [2.45, 2.75) is 12.3 Å². The van der Waals surface area contributed by atoms with Gasteiger partial charge in [0.05, 0.1) is 0 Å². The number of aromatic nitrogens is 1. The van der Waals surface area contributed by atoms with Gasteiger partial charge in [0.25, 0.3) is 0 Å². The van der Waals surface area contributed by atoms with E-state index in [1.165, 1.54) is 22.3 Å². The molecule has 3 N–H and O–H groups in total. The van der Waals surface area contributed by atoms with E-state index in [1.807, 2.05) is 36.5 Å². The maximum absolute atomic E-state index is 12.3. The first kappa shape index (κ1) is 18.3. The summed E-state index contributed by atoms with van der Waals surface area (Å²) in [6, 6.07) is 21.8. The minimum Gasteiger partial charge on any atom is -0.508 e. The van der Waals surface area contributed by atoms with E-state index in [0.29, 0.717) is 19.6 Å². The van der Waals surface area contributed by atoms with Crippen LogP contribution in [0, 0.1) is 0 Å². The number of amides is 1. The molecule has 0 radical (unpaired) electrons. The molecule has 1 aliphatic rings. The third-order valence-electron chi connectivity index (χ3n) is 5.76. The first-order valence-corrected chi connectivity index (χ1v) is 10.1. The smallest absolute Gasteiger partial charge is 0.407 e. The van der Waals surface area contributed by atoms with Crippen LogP contribution in [0.5, 0.6) is 5.75 Å². The van der Waals surface area contributed by atoms with Gasteiger partial charge in [0, 0.05) is 29.6 Å². The summed E-state index contributed by atoms with van der Waals surface area (Å²) in [7, 11) is 0. The summed E-state index contributed by atoms with van der Waals surface area (Å²) >= 11 is 0. The van der Waals surface area contributed by atoms with Crippen molar-refractivity contribution in [3.8, 4) is 16.9 Å². The molecule has 0 atom stereocenters. The van der Waals surface area contributed by atoms with E-state index in [0.717, 1.165) is 16.5 Å². The molecule has 0 spiro atoms. The SMILES string of the molecule is O=C(NCCc1c[nH]c2ccc(O)cc12)OCC1c2ccccc2-c2ccccc21. The number of aromatic hydroxyl groups is 1. The second-order valence-corrected chi connectivity index (χ2v) is 7.55. The largest absolute Gasteiger partial charge is 0.508 e. The van der Waals surface area contributed by atoms with Gasteiger partial charge in [-0.1, -0.05) is 48.5 Å². The minimum absolute atomic E-state index is 0.0553. The molecular weight excluding hydrogens is 376 g/mol. The van der Waals surface area contributed by atoms with Crippen LogP contribution in [0.1, 0.15) is 22.6 Å². The molecule has 5 heteroatoms. The molecule has 5 nitrogen and oxygen atoms in total. The summed E-state index contributed by atoms with van der Waals surface area (Å²) in [5.41, 5.74) is 6.83. The normalized spacial score (nSPS) is 12.5. The van der Waals surface area contributed by atoms with E-state index in [4.69, 9.17) is 4.74 Å². The lowest BCUT2D eigenvalue weighted by molar-refractivity contribution is 0.143. The number of phenols is 1. The van der Waals surface area contributed by atoms with E-state index in [9.17, 15) is 9.90 Å². The molecule has 0 aliphatic heterocycles. The molecule has 1 aromatic heterocycles. The predicted molar refractivity (Wildman–Crippen MR) is 117 cm³/mol. The van der Waals surface area contributed by atoms with Crippen molar-refractivity contribution in [2.75, 3.05) is 13.2 Å². The summed E-state index contributed by atoms with van der Waals surface area (Å²) in [5.74, 6) is 0.285. The van der Waals surface area contributed by atoms with Crippen LogP contribution in [0.2, 0.25) is 0 Å². The van der Waals surface area contributed by atoms with Gasteiger partial charge in [-0.05, 0) is 52.4 Å². The lowest BCUT2D eigenvalue weighted by Gasteiger charge is -2.14. The molecule has 4 aromatic rings. The molecule has 0 saturated heterocycles. The summed E-state index contributed by atoms with van der Waals surface area (Å²) in [4.78, 5) is 15.5. The number of phenolic OH excluding ortho intramolecular Hbond substituents is 1. The fourth-order valence-electron chi connectivity index (χ4n) is 4.32. The Labute approximate surface area is 174 Å². The number of fused-ring (bicyclic) bond motifs is 4. The fourth-order valence-corrected chi connectivity index (χ4v) is 4.32. The molecule has 0 bridgehead atoms. The number of hydrogen-bond donors (Lipinski definition) is 3. The van der Waals surface area contributed by atoms with Gasteiger partial charge < -0.3 is 20.1 Å². The van der Waals surface area contributed by atoms with Crippen molar-refractivity contribution in [1.29, 1.82) is 0 Å². The van der Waals surface area contributed by atoms with Gasteiger partial charge in [-0.25, -0.2) is 4.79 Å². The maximum Gasteiger partial charge on any atom is 0.407 e. The van der Waals surface area contributed by atoms with Crippen LogP contribution in [0.3, 0.4) is 0 Å². The molecule has 1 amide bonds. The highest BCUT2D eigenvalue weighted by atomic mass is 16.5. The Balaban J connectivity index is 1.20. The van der Waals surface area contributed by atoms with Crippen molar-refractivity contribution in [3.63, 3.8) is 0 Å². The third kappa shape index (κ3) is 3.28. The van der Waals surface area contributed by atoms with Crippen LogP contribution >= 0.6 is 0 Å². The average Bonchev–Trinajstić information content (AvgIpc) is 3.31. The quantitative estimate of drug-likeness (QED) is 0.445. The Kier molecular flexibility index (Phi) is 4.64. The van der Waals surface area contributed by atoms with E-state index in [-0.39, 0.29) is 11.7 Å². The Hall–Kier alpha value is -3.73. The standard InChI is InChI=1S/C25H22N2O3/c28-17-9-10-24-22(13-17)16(14-27-24)11-12-26-25(29)30-15-23-20-7-3-1-5-18(20)19-6-2-4-8-21(19)23/h1-10,13-14,23,27-28H,11-12,15H2,(H,26,29). The molecule has 3 aromatic carbocycles. The van der Waals surface area contributed by atoms with E-state index in [2.05, 4.69) is 34.6 Å². The van der Waals surface area contributed by atoms with Gasteiger partial charge in [-0.15, -0.1) is 0 Å². The number of carbonyl (C=O) groups excluding carboxylic acids is 1. The first-order valence-electron chi connectivity index (χ1n) is 10.1. The van der Waals surface area contributed by atoms with Gasteiger partial charge in [0.15, 0.2) is 0 Å². The summed E-state index contributed by atoms with van der Waals surface area (Å²) < 4.78 is 5.57. The number of nitrogens with one attached hydrogen (secondary N) is 2. The molecule has 30 heavy (non-hydrogen) atoms. The second kappa shape index (κ2) is 7.59. The number of alkyl carbamates (subject to hydrolysis) is 1. The molecule has 1 aliphatic carbocycles. The molecule has 0 fully saturated rings. The number of H-pyrrole nitrogens is 1. The van der Waals surface area contributed by atoms with Crippen LogP contribution in [0.4, 0.5) is 4.79 Å². The molecular formula is C25H22N2O3. The van der Waals surface area contributed by atoms with Crippen molar-refractivity contribution in [1.82, 2.24) is 10.3 Å². The zero-order chi connectivity index (χ0) is 20.5. The number of ether oxygens (including phenoxy) is 1. The van der Waals surface area contributed by atoms with Crippen LogP contribution < -0.4 is 5.32 Å². The van der Waals surface area contributed by atoms with Crippen LogP contribution in [0.25, 0.3) is 22.0 Å². The summed E-state index contributed by atoms with van der Waals surface area (Å²) in [6.07, 6.45) is 2.14. The van der Waals surface area contributed by atoms with Gasteiger partial charge in [-0.3, -0.25) is 0 Å². The second-order valence-electron chi connectivity index (χ2n) is 7.55. The number of benzene rings is 3. The van der Waals surface area contributed by atoms with Gasteiger partial charge in [0.1, 0.15) is 12.4 Å². The highest BCUT2D eigenvalue weighted by Gasteiger charge is 2.28. The van der Waals surface area contributed by atoms with Crippen LogP contribution in [0.15, 0.2) is 72.9 Å². The van der Waals surface area contributed by atoms with Crippen molar-refractivity contribution < 1.29 is 14.6 Å². The number of hydrogen-bond acceptors (Lipinski definition) is 3. The topological polar surface area (TPSA) is 74.4 Å². The molecule has 0 unspecified atom stereocenters. The summed E-state index contributed by atoms with van der Waals surface area (Å²) in [6.45, 7) is 0.764. The molecule has 0 saturated carbocycles. The number of aromatic amines is 1. The van der Waals surface area contributed by atoms with Crippen LogP contribution in [-0.4, -0.2) is 29.3 Å². The highest BCUT2D eigenvalue weighted by molar-refractivity contribution is 5.84. The number of carbonyl (C=O) groups is 1. The van der Waals surface area contributed by atoms with Crippen LogP contribution in [-0.2, 0) is 11.2 Å². The average molecular weight is 398 g/mol. The van der Waals surface area contributed by atoms with E-state index in [1.54, 1.807) is 12.1 Å². The van der Waals surface area contributed by atoms with E-state index < -0.39 is 6.09 Å². The lowest BCUT2D eigenvalue weighted by atomic mass is 9.98. The Morgan fingerprint density at radius 2 is 1.70 bits per heavy atom. The minimum atomic E-state index is -0.417. The monoisotopic (exact) mass is 398 g/mol. The predicted octanol–water partition coefficient (Wildman–Crippen LogP) is 4.95. The highest BCUT2D eigenvalue weighted by Crippen LogP contribution is 2.44. The van der Waals surface area contributed by atoms with Gasteiger partial charge in [0.2, 0.25) is 0 Å². The maximum atomic E-state index is 12.3. The molecule has 1 heterocycles. The Morgan fingerprint density at radius 1 is 1.00 bits per heavy atom. The lowest BCUT2D eigenvalue weighted by Crippen LogP contribution is -2.28. The Bertz CT molecular complexity index is 1180. The zero-order valence-electron chi connectivity index (χ0n) is 16.4. The zero-order valence-corrected chi connectivity index (χ0v) is 16.4. The fraction of sp³-hybridized carbons (Fsp3) is 0.160.